The Kier molecular flexibility index (Phi) is 6.21. The van der Waals surface area contributed by atoms with Crippen LogP contribution >= 0.6 is 23.2 Å². The summed E-state index contributed by atoms with van der Waals surface area (Å²) in [6, 6.07) is 21.7. The van der Waals surface area contributed by atoms with Gasteiger partial charge in [0.2, 0.25) is 0 Å². The summed E-state index contributed by atoms with van der Waals surface area (Å²) in [5.74, 6) is 0. The van der Waals surface area contributed by atoms with E-state index in [9.17, 15) is 0 Å². The third-order valence-electron chi connectivity index (χ3n) is 4.95. The van der Waals surface area contributed by atoms with Crippen LogP contribution in [0.25, 0.3) is 46.4 Å². The average Bonchev–Trinajstić information content (AvgIpc) is 3.58. The zero-order chi connectivity index (χ0) is 22.8. The molecule has 2 N–H and O–H groups in total. The number of nitrogens with zero attached hydrogens (tertiary/aromatic N) is 2. The molecule has 162 valence electrons. The molecule has 0 radical (unpaired) electrons. The number of hydrogen-bond donors (Lipinski definition) is 2. The van der Waals surface area contributed by atoms with Gasteiger partial charge in [-0.3, -0.25) is 0 Å². The van der Waals surface area contributed by atoms with Crippen LogP contribution in [-0.4, -0.2) is 19.9 Å². The number of halogens is 2. The zero-order valence-corrected chi connectivity index (χ0v) is 19.9. The molecule has 0 saturated carbocycles. The second kappa shape index (κ2) is 9.42. The number of H-pyrrole nitrogens is 2. The number of fused-ring (bicyclic) bond motifs is 8. The van der Waals surface area contributed by atoms with Crippen LogP contribution in [0.1, 0.15) is 22.8 Å². The van der Waals surface area contributed by atoms with E-state index in [0.29, 0.717) is 10.0 Å². The van der Waals surface area contributed by atoms with Gasteiger partial charge in [0.25, 0.3) is 0 Å². The monoisotopic (exact) mass is 510 g/mol. The van der Waals surface area contributed by atoms with Crippen molar-refractivity contribution in [1.29, 1.82) is 0 Å². The van der Waals surface area contributed by atoms with Gasteiger partial charge in [0.1, 0.15) is 0 Å². The normalized spacial score (nSPS) is 11.8. The molecule has 0 atom stereocenters. The molecule has 0 saturated heterocycles. The van der Waals surface area contributed by atoms with Crippen LogP contribution in [0.5, 0.6) is 0 Å². The van der Waals surface area contributed by atoms with Crippen molar-refractivity contribution in [1.82, 2.24) is 19.9 Å². The van der Waals surface area contributed by atoms with E-state index in [4.69, 9.17) is 23.2 Å². The Bertz CT molecular complexity index is 1370. The first kappa shape index (κ1) is 21.7. The van der Waals surface area contributed by atoms with Crippen LogP contribution in [0, 0.1) is 0 Å². The molecule has 2 aliphatic heterocycles. The van der Waals surface area contributed by atoms with E-state index in [0.717, 1.165) is 49.3 Å². The van der Waals surface area contributed by atoms with Gasteiger partial charge in [-0.05, 0) is 72.8 Å². The average molecular weight is 511 g/mol. The summed E-state index contributed by atoms with van der Waals surface area (Å²) in [4.78, 5) is 16.0. The maximum atomic E-state index is 5.68. The summed E-state index contributed by atoms with van der Waals surface area (Å²) >= 11 is 14.6. The molecular weight excluding hydrogens is 494 g/mol. The molecule has 8 bridgehead atoms. The Morgan fingerprint density at radius 2 is 0.879 bits per heavy atom. The molecule has 0 aliphatic carbocycles. The van der Waals surface area contributed by atoms with E-state index in [1.54, 1.807) is 18.2 Å². The van der Waals surface area contributed by atoms with Gasteiger partial charge in [-0.1, -0.05) is 0 Å². The summed E-state index contributed by atoms with van der Waals surface area (Å²) in [7, 11) is 0. The van der Waals surface area contributed by atoms with Crippen molar-refractivity contribution in [3.05, 3.63) is 99.6 Å². The van der Waals surface area contributed by atoms with Crippen LogP contribution in [0.15, 0.2) is 66.7 Å². The third-order valence-corrected chi connectivity index (χ3v) is 6.54. The number of rotatable bonds is 0. The minimum absolute atomic E-state index is 0.641. The van der Waals surface area contributed by atoms with Gasteiger partial charge < -0.3 is 9.97 Å². The molecule has 6 rings (SSSR count). The molecule has 0 unspecified atom stereocenters. The van der Waals surface area contributed by atoms with Crippen molar-refractivity contribution in [3.63, 3.8) is 0 Å². The molecule has 4 nitrogen and oxygen atoms in total. The van der Waals surface area contributed by atoms with Crippen LogP contribution in [0.4, 0.5) is 0 Å². The summed E-state index contributed by atoms with van der Waals surface area (Å²) in [5.41, 5.74) is 7.86. The van der Waals surface area contributed by atoms with Crippen LogP contribution in [-0.2, 0) is 16.0 Å². The van der Waals surface area contributed by atoms with E-state index in [2.05, 4.69) is 60.2 Å². The number of aromatic nitrogens is 4. The number of nitrogens with one attached hydrogen (secondary N) is 2. The van der Waals surface area contributed by atoms with Crippen LogP contribution < -0.4 is 4.46 Å². The Morgan fingerprint density at radius 3 is 1.18 bits per heavy atom. The molecule has 1 aromatic carbocycles. The van der Waals surface area contributed by atoms with Crippen molar-refractivity contribution in [2.24, 2.45) is 0 Å². The molecule has 5 heterocycles. The fourth-order valence-corrected chi connectivity index (χ4v) is 4.02. The summed E-state index contributed by atoms with van der Waals surface area (Å²) < 4.78 is 0.758. The van der Waals surface area contributed by atoms with Crippen molar-refractivity contribution in [3.8, 4) is 0 Å². The van der Waals surface area contributed by atoms with E-state index < -0.39 is 0 Å². The van der Waals surface area contributed by atoms with Gasteiger partial charge in [0.05, 0.1) is 22.8 Å². The molecular formula is C26H17Cl2MnN4. The number of benzene rings is 1. The molecule has 3 aromatic heterocycles. The quantitative estimate of drug-likeness (QED) is 0.220. The molecule has 2 aliphatic rings. The van der Waals surface area contributed by atoms with Crippen molar-refractivity contribution in [2.75, 3.05) is 0 Å². The van der Waals surface area contributed by atoms with Crippen molar-refractivity contribution >= 4 is 74.0 Å². The summed E-state index contributed by atoms with van der Waals surface area (Å²) in [6.07, 6.45) is 8.09. The maximum absolute atomic E-state index is 5.68. The second-order valence-corrected chi connectivity index (χ2v) is 8.85. The molecule has 0 spiro atoms. The van der Waals surface area contributed by atoms with Crippen LogP contribution in [0.2, 0.25) is 10.0 Å². The molecule has 0 fully saturated rings. The summed E-state index contributed by atoms with van der Waals surface area (Å²) in [6.45, 7) is 0. The Balaban J connectivity index is 0.000000215. The van der Waals surface area contributed by atoms with E-state index in [1.165, 1.54) is 0 Å². The van der Waals surface area contributed by atoms with Gasteiger partial charge >= 0.3 is 71.9 Å². The van der Waals surface area contributed by atoms with Gasteiger partial charge in [0, 0.05) is 22.1 Å². The topological polar surface area (TPSA) is 57.4 Å². The van der Waals surface area contributed by atoms with E-state index in [1.807, 2.05) is 48.6 Å². The predicted octanol–water partition coefficient (Wildman–Crippen LogP) is 6.82. The fourth-order valence-electron chi connectivity index (χ4n) is 3.42. The SMILES string of the molecule is C1=Cc2cc3ccc(cc4nc(cc5ccc(cc1n2)[nH]5)C=C4)[nH]3.Clc1cccc(Cl)[c]1[Mn]. The zero-order valence-electron chi connectivity index (χ0n) is 17.2. The molecule has 33 heavy (non-hydrogen) atoms. The fraction of sp³-hybridized carbons (Fsp3) is 0. The van der Waals surface area contributed by atoms with Crippen molar-refractivity contribution < 1.29 is 16.0 Å². The molecule has 0 amide bonds. The van der Waals surface area contributed by atoms with Crippen molar-refractivity contribution in [2.45, 2.75) is 0 Å². The first-order chi connectivity index (χ1) is 16.0. The number of hydrogen-bond acceptors (Lipinski definition) is 2. The standard InChI is InChI=1S/C20H14N4.C6H3Cl2.Mn/c1-2-14-10-16-5-6-18(23-16)12-20-8-7-19(24-20)11-17-4-3-15(22-17)9-13(1)21-14;7-5-2-1-3-6(8)4-5;/h1-12,21,24H;1-3H;. The Morgan fingerprint density at radius 1 is 0.545 bits per heavy atom. The predicted molar refractivity (Wildman–Crippen MR) is 135 cm³/mol. The second-order valence-electron chi connectivity index (χ2n) is 7.44. The molecule has 7 heteroatoms. The minimum atomic E-state index is 0.641. The molecule has 4 aromatic rings. The third kappa shape index (κ3) is 5.29. The van der Waals surface area contributed by atoms with Gasteiger partial charge in [-0.15, -0.1) is 0 Å². The first-order valence-corrected chi connectivity index (χ1v) is 11.5. The Hall–Kier alpha value is -3.08. The van der Waals surface area contributed by atoms with Gasteiger partial charge in [-0.2, -0.15) is 0 Å². The van der Waals surface area contributed by atoms with Crippen LogP contribution in [0.3, 0.4) is 0 Å². The summed E-state index contributed by atoms with van der Waals surface area (Å²) in [5, 5.41) is 1.28. The van der Waals surface area contributed by atoms with E-state index in [-0.39, 0.29) is 0 Å². The van der Waals surface area contributed by atoms with Gasteiger partial charge in [0.15, 0.2) is 0 Å². The Labute approximate surface area is 208 Å². The van der Waals surface area contributed by atoms with E-state index >= 15 is 0 Å². The van der Waals surface area contributed by atoms with Gasteiger partial charge in [-0.25, -0.2) is 9.97 Å². The number of aromatic amines is 2. The first-order valence-electron chi connectivity index (χ1n) is 10.2.